The first-order valence-electron chi connectivity index (χ1n) is 10.8. The molecule has 0 spiro atoms. The van der Waals surface area contributed by atoms with Crippen LogP contribution in [0, 0.1) is 19.8 Å². The molecule has 9 heteroatoms. The molecule has 1 fully saturated rings. The molecule has 172 valence electrons. The second-order valence-electron chi connectivity index (χ2n) is 8.08. The molecule has 1 aliphatic rings. The summed E-state index contributed by atoms with van der Waals surface area (Å²) in [6, 6.07) is 12.9. The van der Waals surface area contributed by atoms with E-state index in [1.54, 1.807) is 6.07 Å². The molecule has 4 rings (SSSR count). The number of aromatic nitrogens is 1. The summed E-state index contributed by atoms with van der Waals surface area (Å²) in [5.41, 5.74) is 4.07. The van der Waals surface area contributed by atoms with Crippen LogP contribution in [0.2, 0.25) is 0 Å². The van der Waals surface area contributed by atoms with Crippen molar-refractivity contribution in [2.75, 3.05) is 29.9 Å². The molecule has 2 N–H and O–H groups in total. The number of aryl methyl sites for hydroxylation is 1. The van der Waals surface area contributed by atoms with Crippen LogP contribution in [0.3, 0.4) is 0 Å². The molecule has 3 amide bonds. The number of hydrogen-bond donors (Lipinski definition) is 2. The number of fused-ring (bicyclic) bond motifs is 1. The first-order chi connectivity index (χ1) is 15.9. The average molecular weight is 450 g/mol. The third-order valence-corrected chi connectivity index (χ3v) is 5.83. The van der Waals surface area contributed by atoms with E-state index in [1.807, 2.05) is 55.1 Å². The summed E-state index contributed by atoms with van der Waals surface area (Å²) in [6.07, 6.45) is 1.12. The van der Waals surface area contributed by atoms with Crippen LogP contribution in [0.25, 0.3) is 11.1 Å². The van der Waals surface area contributed by atoms with Crippen molar-refractivity contribution in [3.63, 3.8) is 0 Å². The predicted molar refractivity (Wildman–Crippen MR) is 123 cm³/mol. The van der Waals surface area contributed by atoms with E-state index >= 15 is 0 Å². The van der Waals surface area contributed by atoms with E-state index in [9.17, 15) is 14.4 Å². The van der Waals surface area contributed by atoms with Gasteiger partial charge in [-0.2, -0.15) is 4.98 Å². The Labute approximate surface area is 191 Å². The van der Waals surface area contributed by atoms with Crippen molar-refractivity contribution in [3.05, 3.63) is 53.6 Å². The summed E-state index contributed by atoms with van der Waals surface area (Å²) >= 11 is 0. The van der Waals surface area contributed by atoms with Gasteiger partial charge in [0.2, 0.25) is 0 Å². The number of piperidine rings is 1. The standard InChI is InChI=1S/C24H26N4O5/c1-15-6-5-8-18(16(15)2)25-23(31)27-21(29)14-32-22(30)17-10-12-28(13-11-17)24-26-19-7-3-4-9-20(19)33-24/h3-9,17H,10-14H2,1-2H3,(H2,25,27,29,31). The van der Waals surface area contributed by atoms with Gasteiger partial charge in [0.05, 0.1) is 5.92 Å². The lowest BCUT2D eigenvalue weighted by molar-refractivity contribution is -0.153. The molecule has 2 heterocycles. The first kappa shape index (κ1) is 22.3. The number of carbonyl (C=O) groups is 3. The highest BCUT2D eigenvalue weighted by Crippen LogP contribution is 2.26. The van der Waals surface area contributed by atoms with Crippen LogP contribution in [-0.2, 0) is 14.3 Å². The van der Waals surface area contributed by atoms with Crippen LogP contribution in [-0.4, -0.2) is 42.6 Å². The van der Waals surface area contributed by atoms with Gasteiger partial charge in [-0.25, -0.2) is 4.79 Å². The summed E-state index contributed by atoms with van der Waals surface area (Å²) in [4.78, 5) is 43.0. The number of imide groups is 1. The fourth-order valence-electron chi connectivity index (χ4n) is 3.76. The van der Waals surface area contributed by atoms with Gasteiger partial charge in [-0.3, -0.25) is 14.9 Å². The van der Waals surface area contributed by atoms with Crippen LogP contribution >= 0.6 is 0 Å². The van der Waals surface area contributed by atoms with Gasteiger partial charge < -0.3 is 19.4 Å². The van der Waals surface area contributed by atoms with Gasteiger partial charge >= 0.3 is 12.0 Å². The number of amides is 3. The highest BCUT2D eigenvalue weighted by molar-refractivity contribution is 6.02. The summed E-state index contributed by atoms with van der Waals surface area (Å²) < 4.78 is 10.9. The number of urea groups is 1. The van der Waals surface area contributed by atoms with E-state index in [1.165, 1.54) is 0 Å². The molecule has 33 heavy (non-hydrogen) atoms. The van der Waals surface area contributed by atoms with Gasteiger partial charge in [0, 0.05) is 18.8 Å². The fraction of sp³-hybridized carbons (Fsp3) is 0.333. The van der Waals surface area contributed by atoms with Crippen LogP contribution in [0.15, 0.2) is 46.9 Å². The van der Waals surface area contributed by atoms with E-state index in [0.29, 0.717) is 37.6 Å². The van der Waals surface area contributed by atoms with E-state index in [-0.39, 0.29) is 5.92 Å². The second-order valence-corrected chi connectivity index (χ2v) is 8.08. The minimum atomic E-state index is -0.685. The SMILES string of the molecule is Cc1cccc(NC(=O)NC(=O)COC(=O)C2CCN(c3nc4ccccc4o3)CC2)c1C. The van der Waals surface area contributed by atoms with E-state index in [0.717, 1.165) is 22.2 Å². The van der Waals surface area contributed by atoms with Crippen LogP contribution in [0.4, 0.5) is 16.5 Å². The van der Waals surface area contributed by atoms with Crippen molar-refractivity contribution >= 4 is 40.7 Å². The number of esters is 1. The zero-order valence-electron chi connectivity index (χ0n) is 18.6. The molecule has 0 bridgehead atoms. The molecule has 1 aromatic heterocycles. The maximum atomic E-state index is 12.4. The number of rotatable bonds is 5. The quantitative estimate of drug-likeness (QED) is 0.572. The molecule has 0 radical (unpaired) electrons. The van der Waals surface area contributed by atoms with Gasteiger partial charge in [-0.05, 0) is 56.0 Å². The van der Waals surface area contributed by atoms with Crippen molar-refractivity contribution in [1.82, 2.24) is 10.3 Å². The Bertz CT molecular complexity index is 1150. The van der Waals surface area contributed by atoms with Crippen LogP contribution < -0.4 is 15.5 Å². The van der Waals surface area contributed by atoms with Gasteiger partial charge in [0.25, 0.3) is 11.9 Å². The molecular weight excluding hydrogens is 424 g/mol. The third kappa shape index (κ3) is 5.31. The number of nitrogens with one attached hydrogen (secondary N) is 2. The number of ether oxygens (including phenoxy) is 1. The number of carbonyl (C=O) groups excluding carboxylic acids is 3. The topological polar surface area (TPSA) is 114 Å². The van der Waals surface area contributed by atoms with Crippen molar-refractivity contribution in [1.29, 1.82) is 0 Å². The van der Waals surface area contributed by atoms with E-state index in [4.69, 9.17) is 9.15 Å². The number of nitrogens with zero attached hydrogens (tertiary/aromatic N) is 2. The number of oxazole rings is 1. The Kier molecular flexibility index (Phi) is 6.58. The minimum Gasteiger partial charge on any atom is -0.455 e. The third-order valence-electron chi connectivity index (χ3n) is 5.83. The summed E-state index contributed by atoms with van der Waals surface area (Å²) in [5, 5.41) is 4.81. The van der Waals surface area contributed by atoms with Crippen molar-refractivity contribution in [2.24, 2.45) is 5.92 Å². The molecule has 0 atom stereocenters. The Morgan fingerprint density at radius 2 is 1.85 bits per heavy atom. The molecule has 3 aromatic rings. The zero-order chi connectivity index (χ0) is 23.4. The van der Waals surface area contributed by atoms with Crippen LogP contribution in [0.5, 0.6) is 0 Å². The maximum Gasteiger partial charge on any atom is 0.325 e. The largest absolute Gasteiger partial charge is 0.455 e. The molecule has 0 aliphatic carbocycles. The lowest BCUT2D eigenvalue weighted by Gasteiger charge is -2.29. The Balaban J connectivity index is 1.21. The number of anilines is 2. The first-order valence-corrected chi connectivity index (χ1v) is 10.8. The monoisotopic (exact) mass is 450 g/mol. The second kappa shape index (κ2) is 9.72. The van der Waals surface area contributed by atoms with Gasteiger partial charge in [0.15, 0.2) is 12.2 Å². The predicted octanol–water partition coefficient (Wildman–Crippen LogP) is 3.55. The Hall–Kier alpha value is -3.88. The summed E-state index contributed by atoms with van der Waals surface area (Å²) in [5.74, 6) is -1.45. The molecule has 9 nitrogen and oxygen atoms in total. The van der Waals surface area contributed by atoms with Gasteiger partial charge in [-0.1, -0.05) is 24.3 Å². The smallest absolute Gasteiger partial charge is 0.325 e. The Morgan fingerprint density at radius 3 is 2.61 bits per heavy atom. The molecule has 0 saturated carbocycles. The van der Waals surface area contributed by atoms with E-state index < -0.39 is 24.5 Å². The molecule has 0 unspecified atom stereocenters. The molecular formula is C24H26N4O5. The van der Waals surface area contributed by atoms with Crippen molar-refractivity contribution in [3.8, 4) is 0 Å². The number of para-hydroxylation sites is 2. The lowest BCUT2D eigenvalue weighted by atomic mass is 9.97. The van der Waals surface area contributed by atoms with Gasteiger partial charge in [0.1, 0.15) is 5.52 Å². The maximum absolute atomic E-state index is 12.4. The fourth-order valence-corrected chi connectivity index (χ4v) is 3.76. The minimum absolute atomic E-state index is 0.317. The van der Waals surface area contributed by atoms with Crippen molar-refractivity contribution in [2.45, 2.75) is 26.7 Å². The molecule has 2 aromatic carbocycles. The number of hydrogen-bond acceptors (Lipinski definition) is 7. The number of benzene rings is 2. The highest BCUT2D eigenvalue weighted by Gasteiger charge is 2.28. The highest BCUT2D eigenvalue weighted by atomic mass is 16.5. The van der Waals surface area contributed by atoms with Crippen molar-refractivity contribution < 1.29 is 23.5 Å². The normalized spacial score (nSPS) is 14.2. The summed E-state index contributed by atoms with van der Waals surface area (Å²) in [6.45, 7) is 4.49. The molecule has 1 saturated heterocycles. The average Bonchev–Trinajstić information content (AvgIpc) is 3.25. The van der Waals surface area contributed by atoms with Gasteiger partial charge in [-0.15, -0.1) is 0 Å². The zero-order valence-corrected chi connectivity index (χ0v) is 18.6. The summed E-state index contributed by atoms with van der Waals surface area (Å²) in [7, 11) is 0. The van der Waals surface area contributed by atoms with E-state index in [2.05, 4.69) is 15.6 Å². The van der Waals surface area contributed by atoms with Crippen LogP contribution in [0.1, 0.15) is 24.0 Å². The molecule has 1 aliphatic heterocycles. The lowest BCUT2D eigenvalue weighted by Crippen LogP contribution is -2.40. The Morgan fingerprint density at radius 1 is 1.09 bits per heavy atom.